The minimum atomic E-state index is -1.03. The third kappa shape index (κ3) is 4.83. The van der Waals surface area contributed by atoms with E-state index in [2.05, 4.69) is 5.32 Å². The van der Waals surface area contributed by atoms with Gasteiger partial charge in [0.25, 0.3) is 0 Å². The van der Waals surface area contributed by atoms with Crippen LogP contribution >= 0.6 is 0 Å². The van der Waals surface area contributed by atoms with Crippen molar-refractivity contribution in [2.45, 2.75) is 44.4 Å². The van der Waals surface area contributed by atoms with Crippen LogP contribution in [0.4, 0.5) is 4.39 Å². The molecule has 1 amide bonds. The molecule has 1 aliphatic carbocycles. The number of nitrogens with one attached hydrogen (secondary N) is 1. The molecular weight excluding hydrogens is 285 g/mol. The van der Waals surface area contributed by atoms with Gasteiger partial charge in [-0.3, -0.25) is 9.59 Å². The molecule has 1 fully saturated rings. The van der Waals surface area contributed by atoms with Crippen molar-refractivity contribution in [3.8, 4) is 0 Å². The fourth-order valence-corrected chi connectivity index (χ4v) is 2.98. The van der Waals surface area contributed by atoms with Gasteiger partial charge in [0, 0.05) is 13.0 Å². The summed E-state index contributed by atoms with van der Waals surface area (Å²) in [4.78, 5) is 23.2. The first-order valence-corrected chi connectivity index (χ1v) is 7.81. The zero-order valence-corrected chi connectivity index (χ0v) is 12.6. The van der Waals surface area contributed by atoms with Crippen LogP contribution < -0.4 is 5.32 Å². The summed E-state index contributed by atoms with van der Waals surface area (Å²) in [6, 6.07) is 5.35. The van der Waals surface area contributed by atoms with Crippen molar-refractivity contribution < 1.29 is 19.1 Å². The lowest BCUT2D eigenvalue weighted by Crippen LogP contribution is -2.31. The zero-order chi connectivity index (χ0) is 15.9. The molecule has 0 aromatic heterocycles. The van der Waals surface area contributed by atoms with Gasteiger partial charge in [0.05, 0.1) is 5.92 Å². The molecule has 0 heterocycles. The van der Waals surface area contributed by atoms with Crippen molar-refractivity contribution in [2.24, 2.45) is 5.92 Å². The number of benzene rings is 1. The second-order valence-corrected chi connectivity index (χ2v) is 5.94. The molecule has 2 rings (SSSR count). The van der Waals surface area contributed by atoms with Gasteiger partial charge in [-0.25, -0.2) is 4.39 Å². The van der Waals surface area contributed by atoms with E-state index >= 15 is 0 Å². The van der Waals surface area contributed by atoms with Gasteiger partial charge in [-0.05, 0) is 30.0 Å². The minimum Gasteiger partial charge on any atom is -0.481 e. The normalized spacial score (nSPS) is 16.4. The Morgan fingerprint density at radius 1 is 1.23 bits per heavy atom. The first kappa shape index (κ1) is 16.5. The molecule has 1 unspecified atom stereocenters. The van der Waals surface area contributed by atoms with E-state index in [-0.39, 0.29) is 12.5 Å². The summed E-state index contributed by atoms with van der Waals surface area (Å²) >= 11 is 0. The Hall–Kier alpha value is -1.91. The van der Waals surface area contributed by atoms with Crippen LogP contribution in [0.3, 0.4) is 0 Å². The summed E-state index contributed by atoms with van der Waals surface area (Å²) < 4.78 is 12.9. The molecular formula is C17H22FNO3. The maximum absolute atomic E-state index is 12.9. The van der Waals surface area contributed by atoms with Gasteiger partial charge in [-0.15, -0.1) is 0 Å². The van der Waals surface area contributed by atoms with Crippen molar-refractivity contribution in [3.63, 3.8) is 0 Å². The third-order valence-electron chi connectivity index (χ3n) is 4.33. The number of halogens is 1. The van der Waals surface area contributed by atoms with Crippen molar-refractivity contribution in [3.05, 3.63) is 35.6 Å². The Bertz CT molecular complexity index is 509. The van der Waals surface area contributed by atoms with Crippen molar-refractivity contribution in [1.82, 2.24) is 5.32 Å². The second-order valence-electron chi connectivity index (χ2n) is 5.94. The molecule has 0 saturated heterocycles. The number of carboxylic acids is 1. The number of hydrogen-bond acceptors (Lipinski definition) is 2. The topological polar surface area (TPSA) is 66.4 Å². The number of aliphatic carboxylic acids is 1. The number of carboxylic acid groups (broad SMARTS) is 1. The summed E-state index contributed by atoms with van der Waals surface area (Å²) in [6.45, 7) is 0.0322. The highest BCUT2D eigenvalue weighted by Crippen LogP contribution is 2.28. The lowest BCUT2D eigenvalue weighted by Gasteiger charge is -2.14. The lowest BCUT2D eigenvalue weighted by molar-refractivity contribution is -0.138. The van der Waals surface area contributed by atoms with Gasteiger partial charge < -0.3 is 10.4 Å². The molecule has 1 aliphatic rings. The average molecular weight is 307 g/mol. The van der Waals surface area contributed by atoms with Gasteiger partial charge >= 0.3 is 5.97 Å². The van der Waals surface area contributed by atoms with Gasteiger partial charge in [-0.1, -0.05) is 37.8 Å². The standard InChI is InChI=1S/C17H22FNO3/c18-14-8-6-13(7-9-14)15(17(21)22)11-19-16(20)10-5-12-3-1-2-4-12/h6-9,12,15H,1-5,10-11H2,(H,19,20)(H,21,22). The molecule has 0 bridgehead atoms. The summed E-state index contributed by atoms with van der Waals surface area (Å²) in [5.41, 5.74) is 0.491. The van der Waals surface area contributed by atoms with E-state index in [9.17, 15) is 19.1 Å². The fraction of sp³-hybridized carbons (Fsp3) is 0.529. The number of carbonyl (C=O) groups is 2. The van der Waals surface area contributed by atoms with Crippen LogP contribution in [-0.4, -0.2) is 23.5 Å². The third-order valence-corrected chi connectivity index (χ3v) is 4.33. The highest BCUT2D eigenvalue weighted by atomic mass is 19.1. The van der Waals surface area contributed by atoms with Crippen LogP contribution in [0.25, 0.3) is 0 Å². The zero-order valence-electron chi connectivity index (χ0n) is 12.6. The van der Waals surface area contributed by atoms with E-state index < -0.39 is 17.7 Å². The van der Waals surface area contributed by atoms with E-state index in [1.807, 2.05) is 0 Å². The molecule has 2 N–H and O–H groups in total. The van der Waals surface area contributed by atoms with Crippen LogP contribution in [0, 0.1) is 11.7 Å². The van der Waals surface area contributed by atoms with Crippen molar-refractivity contribution in [1.29, 1.82) is 0 Å². The van der Waals surface area contributed by atoms with E-state index in [0.717, 1.165) is 6.42 Å². The van der Waals surface area contributed by atoms with Gasteiger partial charge in [0.15, 0.2) is 0 Å². The molecule has 0 aliphatic heterocycles. The number of amides is 1. The van der Waals surface area contributed by atoms with E-state index in [4.69, 9.17) is 0 Å². The maximum atomic E-state index is 12.9. The fourth-order valence-electron chi connectivity index (χ4n) is 2.98. The number of hydrogen-bond donors (Lipinski definition) is 2. The number of carbonyl (C=O) groups excluding carboxylic acids is 1. The molecule has 0 spiro atoms. The summed E-state index contributed by atoms with van der Waals surface area (Å²) in [6.07, 6.45) is 6.21. The minimum absolute atomic E-state index is 0.0322. The first-order valence-electron chi connectivity index (χ1n) is 7.81. The van der Waals surface area contributed by atoms with E-state index in [0.29, 0.717) is 17.9 Å². The van der Waals surface area contributed by atoms with Crippen molar-refractivity contribution >= 4 is 11.9 Å². The predicted molar refractivity (Wildman–Crippen MR) is 81.0 cm³/mol. The van der Waals surface area contributed by atoms with Crippen LogP contribution in [0.1, 0.15) is 50.0 Å². The molecule has 1 aromatic rings. The Labute approximate surface area is 129 Å². The number of rotatable bonds is 7. The first-order chi connectivity index (χ1) is 10.6. The molecule has 0 radical (unpaired) electrons. The van der Waals surface area contributed by atoms with Crippen molar-refractivity contribution in [2.75, 3.05) is 6.54 Å². The van der Waals surface area contributed by atoms with Crippen LogP contribution in [-0.2, 0) is 9.59 Å². The highest BCUT2D eigenvalue weighted by molar-refractivity contribution is 5.79. The Morgan fingerprint density at radius 2 is 1.86 bits per heavy atom. The van der Waals surface area contributed by atoms with E-state index in [1.165, 1.54) is 49.9 Å². The molecule has 22 heavy (non-hydrogen) atoms. The largest absolute Gasteiger partial charge is 0.481 e. The summed E-state index contributed by atoms with van der Waals surface area (Å²) in [7, 11) is 0. The smallest absolute Gasteiger partial charge is 0.312 e. The van der Waals surface area contributed by atoms with Crippen LogP contribution in [0.2, 0.25) is 0 Å². The van der Waals surface area contributed by atoms with Gasteiger partial charge in [0.2, 0.25) is 5.91 Å². The molecule has 4 nitrogen and oxygen atoms in total. The molecule has 120 valence electrons. The molecule has 1 saturated carbocycles. The van der Waals surface area contributed by atoms with Crippen LogP contribution in [0.15, 0.2) is 24.3 Å². The summed E-state index contributed by atoms with van der Waals surface area (Å²) in [5.74, 6) is -1.76. The molecule has 5 heteroatoms. The Balaban J connectivity index is 1.82. The average Bonchev–Trinajstić information content (AvgIpc) is 3.00. The Morgan fingerprint density at radius 3 is 2.45 bits per heavy atom. The summed E-state index contributed by atoms with van der Waals surface area (Å²) in [5, 5.41) is 12.0. The monoisotopic (exact) mass is 307 g/mol. The quantitative estimate of drug-likeness (QED) is 0.813. The van der Waals surface area contributed by atoms with Gasteiger partial charge in [-0.2, -0.15) is 0 Å². The van der Waals surface area contributed by atoms with Crippen LogP contribution in [0.5, 0.6) is 0 Å². The highest BCUT2D eigenvalue weighted by Gasteiger charge is 2.21. The maximum Gasteiger partial charge on any atom is 0.312 e. The van der Waals surface area contributed by atoms with Gasteiger partial charge in [0.1, 0.15) is 5.82 Å². The molecule has 1 aromatic carbocycles. The second kappa shape index (κ2) is 7.92. The predicted octanol–water partition coefficient (Wildman–Crippen LogP) is 3.08. The molecule has 1 atom stereocenters. The SMILES string of the molecule is O=C(CCC1CCCC1)NCC(C(=O)O)c1ccc(F)cc1. The van der Waals surface area contributed by atoms with E-state index in [1.54, 1.807) is 0 Å². The lowest BCUT2D eigenvalue weighted by atomic mass is 9.98. The Kier molecular flexibility index (Phi) is 5.92.